The fourth-order valence-corrected chi connectivity index (χ4v) is 2.96. The number of benzene rings is 1. The van der Waals surface area contributed by atoms with E-state index in [4.69, 9.17) is 4.74 Å². The highest BCUT2D eigenvalue weighted by molar-refractivity contribution is 7.89. The Hall–Kier alpha value is -1.11. The van der Waals surface area contributed by atoms with Crippen LogP contribution in [0.15, 0.2) is 23.1 Å². The number of hydrogen-bond acceptors (Lipinski definition) is 4. The van der Waals surface area contributed by atoms with Gasteiger partial charge in [-0.3, -0.25) is 0 Å². The van der Waals surface area contributed by atoms with Crippen molar-refractivity contribution in [3.63, 3.8) is 0 Å². The molecule has 0 aromatic heterocycles. The number of nitrogens with one attached hydrogen (secondary N) is 2. The molecule has 0 spiro atoms. The second kappa shape index (κ2) is 7.47. The van der Waals surface area contributed by atoms with Crippen LogP contribution in [-0.2, 0) is 10.0 Å². The molecule has 0 atom stereocenters. The third-order valence-electron chi connectivity index (χ3n) is 2.69. The van der Waals surface area contributed by atoms with Crippen LogP contribution in [-0.4, -0.2) is 35.2 Å². The zero-order chi connectivity index (χ0) is 14.3. The van der Waals surface area contributed by atoms with Gasteiger partial charge in [0.1, 0.15) is 5.75 Å². The first-order chi connectivity index (χ1) is 9.01. The molecule has 0 heterocycles. The van der Waals surface area contributed by atoms with Gasteiger partial charge in [0.2, 0.25) is 10.0 Å². The third-order valence-corrected chi connectivity index (χ3v) is 4.31. The average Bonchev–Trinajstić information content (AvgIpc) is 2.37. The first kappa shape index (κ1) is 15.9. The summed E-state index contributed by atoms with van der Waals surface area (Å²) >= 11 is 0. The maximum Gasteiger partial charge on any atom is 0.240 e. The molecule has 0 aliphatic carbocycles. The molecular weight excluding hydrogens is 264 g/mol. The summed E-state index contributed by atoms with van der Waals surface area (Å²) in [4.78, 5) is 0.295. The average molecular weight is 286 g/mol. The minimum atomic E-state index is -3.45. The Labute approximate surface area is 115 Å². The van der Waals surface area contributed by atoms with Crippen molar-refractivity contribution in [1.82, 2.24) is 10.0 Å². The normalized spacial score (nSPS) is 11.5. The molecule has 2 N–H and O–H groups in total. The molecule has 0 aliphatic rings. The molecule has 0 fully saturated rings. The standard InChI is InChI=1S/C13H22N2O3S/c1-4-7-14-8-9-15-19(16,17)13-6-5-12(18-3)10-11(13)2/h5-6,10,14-15H,4,7-9H2,1-3H3. The lowest BCUT2D eigenvalue weighted by atomic mass is 10.2. The fraction of sp³-hybridized carbons (Fsp3) is 0.538. The molecule has 108 valence electrons. The van der Waals surface area contributed by atoms with Crippen molar-refractivity contribution in [3.8, 4) is 5.75 Å². The number of hydrogen-bond donors (Lipinski definition) is 2. The number of rotatable bonds is 8. The molecule has 0 radical (unpaired) electrons. The highest BCUT2D eigenvalue weighted by Gasteiger charge is 2.16. The van der Waals surface area contributed by atoms with E-state index in [1.807, 2.05) is 0 Å². The zero-order valence-electron chi connectivity index (χ0n) is 11.7. The van der Waals surface area contributed by atoms with Crippen LogP contribution in [0.4, 0.5) is 0 Å². The lowest BCUT2D eigenvalue weighted by molar-refractivity contribution is 0.414. The van der Waals surface area contributed by atoms with Gasteiger partial charge >= 0.3 is 0 Å². The lowest BCUT2D eigenvalue weighted by Gasteiger charge is -2.10. The minimum absolute atomic E-state index is 0.295. The van der Waals surface area contributed by atoms with E-state index in [9.17, 15) is 8.42 Å². The van der Waals surface area contributed by atoms with Crippen LogP contribution < -0.4 is 14.8 Å². The van der Waals surface area contributed by atoms with Crippen LogP contribution in [0, 0.1) is 6.92 Å². The Kier molecular flexibility index (Phi) is 6.27. The van der Waals surface area contributed by atoms with Crippen molar-refractivity contribution >= 4 is 10.0 Å². The molecule has 5 nitrogen and oxygen atoms in total. The summed E-state index contributed by atoms with van der Waals surface area (Å²) in [5.41, 5.74) is 0.674. The summed E-state index contributed by atoms with van der Waals surface area (Å²) in [5.74, 6) is 0.654. The molecule has 0 unspecified atom stereocenters. The summed E-state index contributed by atoms with van der Waals surface area (Å²) in [5, 5.41) is 3.15. The van der Waals surface area contributed by atoms with E-state index >= 15 is 0 Å². The highest BCUT2D eigenvalue weighted by atomic mass is 32.2. The van der Waals surface area contributed by atoms with Crippen molar-refractivity contribution < 1.29 is 13.2 Å². The Balaban J connectivity index is 2.67. The Morgan fingerprint density at radius 1 is 1.21 bits per heavy atom. The number of aryl methyl sites for hydroxylation is 1. The Bertz CT molecular complexity index is 501. The molecule has 0 amide bonds. The summed E-state index contributed by atoms with van der Waals surface area (Å²) in [7, 11) is -1.89. The molecule has 0 saturated carbocycles. The van der Waals surface area contributed by atoms with E-state index in [2.05, 4.69) is 17.0 Å². The van der Waals surface area contributed by atoms with Gasteiger partial charge in [0.25, 0.3) is 0 Å². The smallest absolute Gasteiger partial charge is 0.240 e. The first-order valence-corrected chi connectivity index (χ1v) is 7.84. The Morgan fingerprint density at radius 2 is 1.95 bits per heavy atom. The van der Waals surface area contributed by atoms with Crippen molar-refractivity contribution in [1.29, 1.82) is 0 Å². The zero-order valence-corrected chi connectivity index (χ0v) is 12.5. The minimum Gasteiger partial charge on any atom is -0.497 e. The number of methoxy groups -OCH3 is 1. The topological polar surface area (TPSA) is 67.4 Å². The molecule has 0 saturated heterocycles. The van der Waals surface area contributed by atoms with E-state index in [1.165, 1.54) is 0 Å². The van der Waals surface area contributed by atoms with Gasteiger partial charge in [-0.1, -0.05) is 6.92 Å². The van der Waals surface area contributed by atoms with E-state index in [1.54, 1.807) is 32.2 Å². The van der Waals surface area contributed by atoms with Crippen molar-refractivity contribution in [2.45, 2.75) is 25.2 Å². The molecular formula is C13H22N2O3S. The van der Waals surface area contributed by atoms with E-state index in [0.29, 0.717) is 29.3 Å². The van der Waals surface area contributed by atoms with Gasteiger partial charge in [-0.2, -0.15) is 0 Å². The monoisotopic (exact) mass is 286 g/mol. The molecule has 1 rings (SSSR count). The van der Waals surface area contributed by atoms with Crippen LogP contribution in [0.3, 0.4) is 0 Å². The molecule has 19 heavy (non-hydrogen) atoms. The van der Waals surface area contributed by atoms with Gasteiger partial charge in [0, 0.05) is 13.1 Å². The van der Waals surface area contributed by atoms with Gasteiger partial charge < -0.3 is 10.1 Å². The third kappa shape index (κ3) is 4.81. The first-order valence-electron chi connectivity index (χ1n) is 6.36. The molecule has 1 aromatic carbocycles. The van der Waals surface area contributed by atoms with Gasteiger partial charge in [0.15, 0.2) is 0 Å². The Morgan fingerprint density at radius 3 is 2.53 bits per heavy atom. The summed E-state index contributed by atoms with van der Waals surface area (Å²) in [6, 6.07) is 4.93. The fourth-order valence-electron chi connectivity index (χ4n) is 1.70. The van der Waals surface area contributed by atoms with E-state index in [-0.39, 0.29) is 0 Å². The summed E-state index contributed by atoms with van der Waals surface area (Å²) < 4.78 is 31.9. The second-order valence-electron chi connectivity index (χ2n) is 4.28. The van der Waals surface area contributed by atoms with Gasteiger partial charge in [-0.15, -0.1) is 0 Å². The van der Waals surface area contributed by atoms with Crippen LogP contribution in [0.2, 0.25) is 0 Å². The van der Waals surface area contributed by atoms with E-state index in [0.717, 1.165) is 13.0 Å². The maximum atomic E-state index is 12.1. The molecule has 1 aromatic rings. The quantitative estimate of drug-likeness (QED) is 0.707. The maximum absolute atomic E-state index is 12.1. The van der Waals surface area contributed by atoms with Crippen LogP contribution in [0.5, 0.6) is 5.75 Å². The number of ether oxygens (including phenoxy) is 1. The van der Waals surface area contributed by atoms with Gasteiger partial charge in [-0.05, 0) is 43.7 Å². The van der Waals surface area contributed by atoms with Crippen LogP contribution in [0.25, 0.3) is 0 Å². The van der Waals surface area contributed by atoms with Gasteiger partial charge in [-0.25, -0.2) is 13.1 Å². The predicted molar refractivity (Wildman–Crippen MR) is 76.1 cm³/mol. The molecule has 0 aliphatic heterocycles. The lowest BCUT2D eigenvalue weighted by Crippen LogP contribution is -2.32. The largest absolute Gasteiger partial charge is 0.497 e. The number of sulfonamides is 1. The van der Waals surface area contributed by atoms with Crippen molar-refractivity contribution in [2.75, 3.05) is 26.7 Å². The SMILES string of the molecule is CCCNCCNS(=O)(=O)c1ccc(OC)cc1C. The van der Waals surface area contributed by atoms with Crippen molar-refractivity contribution in [2.24, 2.45) is 0 Å². The van der Waals surface area contributed by atoms with Crippen LogP contribution in [0.1, 0.15) is 18.9 Å². The highest BCUT2D eigenvalue weighted by Crippen LogP contribution is 2.20. The summed E-state index contributed by atoms with van der Waals surface area (Å²) in [6.07, 6.45) is 1.03. The molecule has 0 bridgehead atoms. The molecule has 6 heteroatoms. The van der Waals surface area contributed by atoms with Crippen molar-refractivity contribution in [3.05, 3.63) is 23.8 Å². The van der Waals surface area contributed by atoms with Crippen LogP contribution >= 0.6 is 0 Å². The van der Waals surface area contributed by atoms with E-state index < -0.39 is 10.0 Å². The predicted octanol–water partition coefficient (Wildman–Crippen LogP) is 1.28. The second-order valence-corrected chi connectivity index (χ2v) is 6.01. The summed E-state index contributed by atoms with van der Waals surface area (Å²) in [6.45, 7) is 5.73. The van der Waals surface area contributed by atoms with Gasteiger partial charge in [0.05, 0.1) is 12.0 Å².